The average molecular weight is 463 g/mol. The Balaban J connectivity index is 1.29. The molecule has 172 valence electrons. The Kier molecular flexibility index (Phi) is 5.45. The summed E-state index contributed by atoms with van der Waals surface area (Å²) in [4.78, 5) is 28.2. The van der Waals surface area contributed by atoms with Gasteiger partial charge in [0, 0.05) is 18.1 Å². The SMILES string of the molecule is O=C(NC(Cn1cnc2cc(F)c(F)cc21)C(=O)O)OCC1c2ccccc2-c2ccccc21. The van der Waals surface area contributed by atoms with Crippen LogP contribution in [0.5, 0.6) is 0 Å². The van der Waals surface area contributed by atoms with Crippen molar-refractivity contribution in [1.82, 2.24) is 14.9 Å². The summed E-state index contributed by atoms with van der Waals surface area (Å²) in [6.07, 6.45) is 0.370. The summed E-state index contributed by atoms with van der Waals surface area (Å²) < 4.78 is 33.8. The van der Waals surface area contributed by atoms with Crippen molar-refractivity contribution >= 4 is 23.1 Å². The number of nitrogens with one attached hydrogen (secondary N) is 1. The quantitative estimate of drug-likeness (QED) is 0.445. The molecule has 0 fully saturated rings. The fourth-order valence-corrected chi connectivity index (χ4v) is 4.36. The molecule has 1 heterocycles. The number of aliphatic carboxylic acids is 1. The largest absolute Gasteiger partial charge is 0.480 e. The summed E-state index contributed by atoms with van der Waals surface area (Å²) >= 11 is 0. The number of carbonyl (C=O) groups excluding carboxylic acids is 1. The second kappa shape index (κ2) is 8.58. The number of carboxylic acid groups (broad SMARTS) is 1. The minimum atomic E-state index is -1.37. The van der Waals surface area contributed by atoms with Crippen LogP contribution in [0.4, 0.5) is 13.6 Å². The molecule has 9 heteroatoms. The first-order chi connectivity index (χ1) is 16.4. The third-order valence-corrected chi connectivity index (χ3v) is 5.98. The fourth-order valence-electron chi connectivity index (χ4n) is 4.36. The van der Waals surface area contributed by atoms with Gasteiger partial charge in [0.1, 0.15) is 12.6 Å². The number of imidazole rings is 1. The number of carbonyl (C=O) groups is 2. The van der Waals surface area contributed by atoms with Crippen molar-refractivity contribution in [3.05, 3.63) is 89.8 Å². The Bertz CT molecular complexity index is 1370. The van der Waals surface area contributed by atoms with Gasteiger partial charge in [0.2, 0.25) is 0 Å². The molecule has 0 aliphatic heterocycles. The van der Waals surface area contributed by atoms with Crippen LogP contribution in [0.25, 0.3) is 22.2 Å². The Morgan fingerprint density at radius 3 is 2.29 bits per heavy atom. The summed E-state index contributed by atoms with van der Waals surface area (Å²) in [6, 6.07) is 16.2. The van der Waals surface area contributed by atoms with E-state index in [-0.39, 0.29) is 30.1 Å². The van der Waals surface area contributed by atoms with Gasteiger partial charge in [-0.15, -0.1) is 0 Å². The van der Waals surface area contributed by atoms with Crippen LogP contribution in [0.2, 0.25) is 0 Å². The molecular formula is C25H19F2N3O4. The first-order valence-corrected chi connectivity index (χ1v) is 10.6. The number of rotatable bonds is 6. The number of aromatic nitrogens is 2. The van der Waals surface area contributed by atoms with Gasteiger partial charge in [-0.3, -0.25) is 0 Å². The van der Waals surface area contributed by atoms with Crippen LogP contribution < -0.4 is 5.32 Å². The lowest BCUT2D eigenvalue weighted by molar-refractivity contribution is -0.139. The van der Waals surface area contributed by atoms with Crippen molar-refractivity contribution in [2.45, 2.75) is 18.5 Å². The molecular weight excluding hydrogens is 444 g/mol. The van der Waals surface area contributed by atoms with Gasteiger partial charge in [-0.1, -0.05) is 48.5 Å². The van der Waals surface area contributed by atoms with Crippen LogP contribution in [0.3, 0.4) is 0 Å². The van der Waals surface area contributed by atoms with Gasteiger partial charge in [-0.25, -0.2) is 23.4 Å². The zero-order chi connectivity index (χ0) is 23.8. The van der Waals surface area contributed by atoms with E-state index in [0.717, 1.165) is 34.4 Å². The lowest BCUT2D eigenvalue weighted by Gasteiger charge is -2.18. The van der Waals surface area contributed by atoms with Crippen LogP contribution in [0, 0.1) is 11.6 Å². The van der Waals surface area contributed by atoms with E-state index in [0.29, 0.717) is 0 Å². The number of alkyl carbamates (subject to hydrolysis) is 1. The molecule has 1 amide bonds. The average Bonchev–Trinajstić information content (AvgIpc) is 3.36. The predicted molar refractivity (Wildman–Crippen MR) is 119 cm³/mol. The number of hydrogen-bond donors (Lipinski definition) is 2. The highest BCUT2D eigenvalue weighted by Crippen LogP contribution is 2.44. The molecule has 2 N–H and O–H groups in total. The van der Waals surface area contributed by atoms with E-state index in [4.69, 9.17) is 4.74 Å². The minimum absolute atomic E-state index is 0.0324. The Morgan fingerprint density at radius 2 is 1.65 bits per heavy atom. The highest BCUT2D eigenvalue weighted by molar-refractivity contribution is 5.81. The molecule has 1 unspecified atom stereocenters. The topological polar surface area (TPSA) is 93.5 Å². The molecule has 1 aliphatic rings. The zero-order valence-electron chi connectivity index (χ0n) is 17.7. The maximum atomic E-state index is 13.6. The number of carboxylic acids is 1. The second-order valence-corrected chi connectivity index (χ2v) is 8.01. The smallest absolute Gasteiger partial charge is 0.407 e. The van der Waals surface area contributed by atoms with Crippen molar-refractivity contribution < 1.29 is 28.2 Å². The van der Waals surface area contributed by atoms with Crippen LogP contribution in [0.15, 0.2) is 67.0 Å². The lowest BCUT2D eigenvalue weighted by atomic mass is 9.98. The highest BCUT2D eigenvalue weighted by Gasteiger charge is 2.30. The fraction of sp³-hybridized carbons (Fsp3) is 0.160. The van der Waals surface area contributed by atoms with Gasteiger partial charge in [0.25, 0.3) is 0 Å². The third-order valence-electron chi connectivity index (χ3n) is 5.98. The van der Waals surface area contributed by atoms with Gasteiger partial charge < -0.3 is 19.7 Å². The number of halogens is 2. The number of amides is 1. The summed E-state index contributed by atoms with van der Waals surface area (Å²) in [5, 5.41) is 11.9. The van der Waals surface area contributed by atoms with E-state index in [1.807, 2.05) is 48.5 Å². The van der Waals surface area contributed by atoms with E-state index in [9.17, 15) is 23.5 Å². The predicted octanol–water partition coefficient (Wildman–Crippen LogP) is 4.31. The van der Waals surface area contributed by atoms with E-state index >= 15 is 0 Å². The van der Waals surface area contributed by atoms with Gasteiger partial charge in [-0.2, -0.15) is 0 Å². The second-order valence-electron chi connectivity index (χ2n) is 8.01. The summed E-state index contributed by atoms with van der Waals surface area (Å²) in [6.45, 7) is -0.216. The number of hydrogen-bond acceptors (Lipinski definition) is 4. The molecule has 0 saturated heterocycles. The molecule has 1 aliphatic carbocycles. The molecule has 0 saturated carbocycles. The first-order valence-electron chi connectivity index (χ1n) is 10.6. The number of ether oxygens (including phenoxy) is 1. The molecule has 3 aromatic carbocycles. The summed E-state index contributed by atoms with van der Waals surface area (Å²) in [5.74, 6) is -3.61. The summed E-state index contributed by atoms with van der Waals surface area (Å²) in [5.41, 5.74) is 4.59. The molecule has 4 aromatic rings. The van der Waals surface area contributed by atoms with Crippen LogP contribution in [0.1, 0.15) is 17.0 Å². The van der Waals surface area contributed by atoms with E-state index in [1.54, 1.807) is 0 Å². The third kappa shape index (κ3) is 3.85. The van der Waals surface area contributed by atoms with Crippen molar-refractivity contribution in [3.63, 3.8) is 0 Å². The molecule has 1 aromatic heterocycles. The van der Waals surface area contributed by atoms with Crippen LogP contribution >= 0.6 is 0 Å². The lowest BCUT2D eigenvalue weighted by Crippen LogP contribution is -2.44. The number of benzene rings is 3. The van der Waals surface area contributed by atoms with Crippen molar-refractivity contribution in [2.24, 2.45) is 0 Å². The van der Waals surface area contributed by atoms with E-state index in [1.165, 1.54) is 10.9 Å². The summed E-state index contributed by atoms with van der Waals surface area (Å²) in [7, 11) is 0. The molecule has 34 heavy (non-hydrogen) atoms. The van der Waals surface area contributed by atoms with E-state index < -0.39 is 29.7 Å². The van der Waals surface area contributed by atoms with Crippen molar-refractivity contribution in [1.29, 1.82) is 0 Å². The molecule has 0 spiro atoms. The van der Waals surface area contributed by atoms with Gasteiger partial charge in [0.15, 0.2) is 11.6 Å². The van der Waals surface area contributed by atoms with Crippen LogP contribution in [-0.4, -0.2) is 39.4 Å². The Labute approximate surface area is 192 Å². The van der Waals surface area contributed by atoms with Gasteiger partial charge in [-0.05, 0) is 22.3 Å². The zero-order valence-corrected chi connectivity index (χ0v) is 17.7. The molecule has 1 atom stereocenters. The Morgan fingerprint density at radius 1 is 1.03 bits per heavy atom. The Hall–Kier alpha value is -4.27. The number of fused-ring (bicyclic) bond motifs is 4. The molecule has 5 rings (SSSR count). The number of nitrogens with zero attached hydrogens (tertiary/aromatic N) is 2. The molecule has 0 bridgehead atoms. The van der Waals surface area contributed by atoms with E-state index in [2.05, 4.69) is 10.3 Å². The maximum absolute atomic E-state index is 13.6. The molecule has 0 radical (unpaired) electrons. The van der Waals surface area contributed by atoms with Crippen LogP contribution in [-0.2, 0) is 16.1 Å². The minimum Gasteiger partial charge on any atom is -0.480 e. The molecule has 7 nitrogen and oxygen atoms in total. The standard InChI is InChI=1S/C25H19F2N3O4/c26-19-9-21-23(10-20(19)27)30(13-28-21)11-22(24(31)32)29-25(33)34-12-18-16-7-3-1-5-14(16)15-6-2-4-8-17(15)18/h1-10,13,18,22H,11-12H2,(H,29,33)(H,31,32). The monoisotopic (exact) mass is 463 g/mol. The normalized spacial score (nSPS) is 13.4. The van der Waals surface area contributed by atoms with Crippen molar-refractivity contribution in [2.75, 3.05) is 6.61 Å². The highest BCUT2D eigenvalue weighted by atomic mass is 19.2. The van der Waals surface area contributed by atoms with Gasteiger partial charge >= 0.3 is 12.1 Å². The van der Waals surface area contributed by atoms with Crippen molar-refractivity contribution in [3.8, 4) is 11.1 Å². The van der Waals surface area contributed by atoms with Gasteiger partial charge in [0.05, 0.1) is 23.9 Å². The first kappa shape index (κ1) is 21.6. The maximum Gasteiger partial charge on any atom is 0.407 e.